The molecule has 0 aliphatic heterocycles. The van der Waals surface area contributed by atoms with Crippen LogP contribution in [0.2, 0.25) is 0 Å². The van der Waals surface area contributed by atoms with Crippen LogP contribution in [0.1, 0.15) is 19.8 Å². The summed E-state index contributed by atoms with van der Waals surface area (Å²) in [5, 5.41) is 14.5. The molecule has 0 spiro atoms. The lowest BCUT2D eigenvalue weighted by Gasteiger charge is -2.16. The molecule has 0 radical (unpaired) electrons. The molecule has 19 heavy (non-hydrogen) atoms. The van der Waals surface area contributed by atoms with Crippen LogP contribution in [0.25, 0.3) is 0 Å². The molecule has 104 valence electrons. The maximum absolute atomic E-state index is 12.2. The lowest BCUT2D eigenvalue weighted by atomic mass is 10.0. The van der Waals surface area contributed by atoms with Crippen molar-refractivity contribution in [1.82, 2.24) is 0 Å². The van der Waals surface area contributed by atoms with E-state index in [0.717, 1.165) is 17.0 Å². The number of nitrogens with zero attached hydrogens (tertiary/aromatic N) is 1. The zero-order valence-corrected chi connectivity index (χ0v) is 11.9. The summed E-state index contributed by atoms with van der Waals surface area (Å²) in [7, 11) is 0. The fraction of sp³-hybridized carbons (Fsp3) is 0.385. The third kappa shape index (κ3) is 4.17. The molecule has 1 aromatic rings. The highest BCUT2D eigenvalue weighted by Crippen LogP contribution is 2.25. The fourth-order valence-electron chi connectivity index (χ4n) is 1.74. The molecular weight excluding hydrogens is 262 g/mol. The topological polar surface area (TPSA) is 87.7 Å². The molecule has 0 aromatic heterocycles. The highest BCUT2D eigenvalue weighted by molar-refractivity contribution is 7.98. The number of thioether (sulfide) groups is 1. The predicted molar refractivity (Wildman–Crippen MR) is 78.7 cm³/mol. The number of para-hydroxylation sites is 1. The number of nitrogens with one attached hydrogen (secondary N) is 1. The first-order valence-electron chi connectivity index (χ1n) is 6.05. The monoisotopic (exact) mass is 281 g/mol. The van der Waals surface area contributed by atoms with Gasteiger partial charge in [0.2, 0.25) is 5.91 Å². The average molecular weight is 281 g/mol. The normalized spacial score (nSPS) is 13.1. The van der Waals surface area contributed by atoms with Crippen LogP contribution in [0.5, 0.6) is 0 Å². The molecule has 6 heteroatoms. The van der Waals surface area contributed by atoms with Crippen molar-refractivity contribution in [3.8, 4) is 0 Å². The number of carbonyl (C=O) groups is 1. The number of oxime groups is 1. The first kappa shape index (κ1) is 15.4. The molecule has 0 aliphatic carbocycles. The standard InChI is InChI=1S/C13H19N3O2S/c1-3-6-9(12(14)16-18)13(17)15-10-7-4-5-8-11(10)19-2/h4-5,7-9,18H,3,6H2,1-2H3,(H2,14,16)(H,15,17). The van der Waals surface area contributed by atoms with Crippen molar-refractivity contribution >= 4 is 29.2 Å². The largest absolute Gasteiger partial charge is 0.409 e. The second kappa shape index (κ2) is 7.68. The molecule has 0 bridgehead atoms. The van der Waals surface area contributed by atoms with Crippen LogP contribution in [0.4, 0.5) is 5.69 Å². The van der Waals surface area contributed by atoms with Crippen molar-refractivity contribution in [2.45, 2.75) is 24.7 Å². The molecule has 0 saturated heterocycles. The third-order valence-corrected chi connectivity index (χ3v) is 3.53. The zero-order valence-electron chi connectivity index (χ0n) is 11.1. The van der Waals surface area contributed by atoms with Gasteiger partial charge < -0.3 is 16.3 Å². The number of nitrogens with two attached hydrogens (primary N) is 1. The molecule has 5 nitrogen and oxygen atoms in total. The van der Waals surface area contributed by atoms with Gasteiger partial charge in [-0.1, -0.05) is 30.6 Å². The molecule has 1 amide bonds. The summed E-state index contributed by atoms with van der Waals surface area (Å²) in [6.45, 7) is 1.95. The van der Waals surface area contributed by atoms with Crippen LogP contribution in [0.15, 0.2) is 34.3 Å². The summed E-state index contributed by atoms with van der Waals surface area (Å²) in [4.78, 5) is 13.2. The van der Waals surface area contributed by atoms with Crippen molar-refractivity contribution in [3.05, 3.63) is 24.3 Å². The SMILES string of the molecule is CCCC(C(=O)Nc1ccccc1SC)/C(N)=N/O. The number of benzene rings is 1. The number of amides is 1. The molecule has 1 aromatic carbocycles. The van der Waals surface area contributed by atoms with Crippen molar-refractivity contribution in [2.75, 3.05) is 11.6 Å². The van der Waals surface area contributed by atoms with Gasteiger partial charge in [0.25, 0.3) is 0 Å². The van der Waals surface area contributed by atoms with Crippen molar-refractivity contribution < 1.29 is 10.0 Å². The Morgan fingerprint density at radius 1 is 1.53 bits per heavy atom. The van der Waals surface area contributed by atoms with E-state index in [4.69, 9.17) is 10.9 Å². The third-order valence-electron chi connectivity index (χ3n) is 2.73. The van der Waals surface area contributed by atoms with Crippen LogP contribution >= 0.6 is 11.8 Å². The quantitative estimate of drug-likeness (QED) is 0.246. The maximum Gasteiger partial charge on any atom is 0.235 e. The Bertz CT molecular complexity index is 463. The van der Waals surface area contributed by atoms with E-state index in [9.17, 15) is 4.79 Å². The molecule has 1 rings (SSSR count). The maximum atomic E-state index is 12.2. The minimum absolute atomic E-state index is 0.0546. The van der Waals surface area contributed by atoms with Gasteiger partial charge in [-0.2, -0.15) is 0 Å². The number of amidine groups is 1. The summed E-state index contributed by atoms with van der Waals surface area (Å²) in [6, 6.07) is 7.53. The highest BCUT2D eigenvalue weighted by atomic mass is 32.2. The van der Waals surface area contributed by atoms with Gasteiger partial charge in [0, 0.05) is 4.90 Å². The molecular formula is C13H19N3O2S. The first-order valence-corrected chi connectivity index (χ1v) is 7.27. The van der Waals surface area contributed by atoms with E-state index in [2.05, 4.69) is 10.5 Å². The summed E-state index contributed by atoms with van der Waals surface area (Å²) < 4.78 is 0. The van der Waals surface area contributed by atoms with E-state index >= 15 is 0 Å². The summed E-state index contributed by atoms with van der Waals surface area (Å²) in [5.74, 6) is -0.912. The minimum atomic E-state index is -0.607. The number of carbonyl (C=O) groups excluding carboxylic acids is 1. The van der Waals surface area contributed by atoms with Crippen LogP contribution in [0.3, 0.4) is 0 Å². The van der Waals surface area contributed by atoms with E-state index < -0.39 is 5.92 Å². The average Bonchev–Trinajstić information content (AvgIpc) is 2.44. The molecule has 1 unspecified atom stereocenters. The Kier molecular flexibility index (Phi) is 6.21. The second-order valence-electron chi connectivity index (χ2n) is 4.06. The Balaban J connectivity index is 2.87. The van der Waals surface area contributed by atoms with Gasteiger partial charge >= 0.3 is 0 Å². The van der Waals surface area contributed by atoms with Gasteiger partial charge in [-0.15, -0.1) is 11.8 Å². The van der Waals surface area contributed by atoms with E-state index in [1.807, 2.05) is 37.4 Å². The zero-order chi connectivity index (χ0) is 14.3. The first-order chi connectivity index (χ1) is 9.13. The Morgan fingerprint density at radius 2 is 2.21 bits per heavy atom. The molecule has 0 heterocycles. The van der Waals surface area contributed by atoms with Gasteiger partial charge in [0.1, 0.15) is 0 Å². The van der Waals surface area contributed by atoms with Crippen LogP contribution < -0.4 is 11.1 Å². The van der Waals surface area contributed by atoms with E-state index in [-0.39, 0.29) is 11.7 Å². The predicted octanol–water partition coefficient (Wildman–Crippen LogP) is 2.51. The van der Waals surface area contributed by atoms with Crippen LogP contribution in [-0.4, -0.2) is 23.2 Å². The fourth-order valence-corrected chi connectivity index (χ4v) is 2.29. The molecule has 4 N–H and O–H groups in total. The van der Waals surface area contributed by atoms with Gasteiger partial charge in [0.15, 0.2) is 5.84 Å². The second-order valence-corrected chi connectivity index (χ2v) is 4.90. The van der Waals surface area contributed by atoms with E-state index in [1.54, 1.807) is 11.8 Å². The Hall–Kier alpha value is -1.69. The smallest absolute Gasteiger partial charge is 0.235 e. The molecule has 0 fully saturated rings. The summed E-state index contributed by atoms with van der Waals surface area (Å²) >= 11 is 1.55. The van der Waals surface area contributed by atoms with Gasteiger partial charge in [-0.3, -0.25) is 4.79 Å². The molecule has 0 aliphatic rings. The van der Waals surface area contributed by atoms with Crippen molar-refractivity contribution in [2.24, 2.45) is 16.8 Å². The van der Waals surface area contributed by atoms with Crippen LogP contribution in [0, 0.1) is 5.92 Å². The Morgan fingerprint density at radius 3 is 2.79 bits per heavy atom. The van der Waals surface area contributed by atoms with Crippen LogP contribution in [-0.2, 0) is 4.79 Å². The molecule has 1 atom stereocenters. The number of hydrogen-bond donors (Lipinski definition) is 3. The number of hydrogen-bond acceptors (Lipinski definition) is 4. The van der Waals surface area contributed by atoms with E-state index in [0.29, 0.717) is 6.42 Å². The van der Waals surface area contributed by atoms with Gasteiger partial charge in [-0.25, -0.2) is 0 Å². The van der Waals surface area contributed by atoms with Crippen molar-refractivity contribution in [3.63, 3.8) is 0 Å². The highest BCUT2D eigenvalue weighted by Gasteiger charge is 2.22. The number of anilines is 1. The van der Waals surface area contributed by atoms with E-state index in [1.165, 1.54) is 0 Å². The summed E-state index contributed by atoms with van der Waals surface area (Å²) in [5.41, 5.74) is 6.30. The minimum Gasteiger partial charge on any atom is -0.409 e. The lowest BCUT2D eigenvalue weighted by molar-refractivity contribution is -0.118. The summed E-state index contributed by atoms with van der Waals surface area (Å²) in [6.07, 6.45) is 3.26. The van der Waals surface area contributed by atoms with Gasteiger partial charge in [-0.05, 0) is 24.8 Å². The molecule has 0 saturated carbocycles. The Labute approximate surface area is 117 Å². The number of rotatable bonds is 6. The van der Waals surface area contributed by atoms with Crippen molar-refractivity contribution in [1.29, 1.82) is 0 Å². The van der Waals surface area contributed by atoms with Gasteiger partial charge in [0.05, 0.1) is 11.6 Å². The lowest BCUT2D eigenvalue weighted by Crippen LogP contribution is -2.34.